The normalized spacial score (nSPS) is 34.9. The fraction of sp³-hybridized carbons (Fsp3) is 0.900. The molecule has 0 saturated carbocycles. The zero-order chi connectivity index (χ0) is 11.6. The number of halogens is 1. The van der Waals surface area contributed by atoms with E-state index in [0.29, 0.717) is 12.8 Å². The topological polar surface area (TPSA) is 49.4 Å². The lowest BCUT2D eigenvalue weighted by molar-refractivity contribution is -0.236. The van der Waals surface area contributed by atoms with Gasteiger partial charge in [-0.1, -0.05) is 22.6 Å². The molecule has 0 aromatic heterocycles. The first-order chi connectivity index (χ1) is 6.91. The summed E-state index contributed by atoms with van der Waals surface area (Å²) in [6.45, 7) is 5.55. The summed E-state index contributed by atoms with van der Waals surface area (Å²) in [4.78, 5) is 11.4. The molecule has 1 radical (unpaired) electrons. The summed E-state index contributed by atoms with van der Waals surface area (Å²) in [7, 11) is 0. The minimum atomic E-state index is -0.181. The molecule has 0 spiro atoms. The number of esters is 1. The quantitative estimate of drug-likeness (QED) is 0.443. The van der Waals surface area contributed by atoms with Crippen molar-refractivity contribution in [1.29, 1.82) is 0 Å². The van der Waals surface area contributed by atoms with E-state index in [-0.39, 0.29) is 28.1 Å². The smallest absolute Gasteiger partial charge is 0.318 e. The molecule has 0 aromatic rings. The minimum Gasteiger partial charge on any atom is -0.461 e. The lowest BCUT2D eigenvalue weighted by Crippen LogP contribution is -2.46. The van der Waals surface area contributed by atoms with Crippen molar-refractivity contribution in [3.63, 3.8) is 0 Å². The van der Waals surface area contributed by atoms with Crippen molar-refractivity contribution >= 4 is 28.6 Å². The number of carbonyl (C=O) groups is 1. The third-order valence-electron chi connectivity index (χ3n) is 2.68. The van der Waals surface area contributed by atoms with Crippen molar-refractivity contribution in [2.24, 2.45) is 0 Å². The van der Waals surface area contributed by atoms with Crippen molar-refractivity contribution < 1.29 is 14.7 Å². The predicted octanol–water partition coefficient (Wildman–Crippen LogP) is 1.94. The third-order valence-corrected chi connectivity index (χ3v) is 3.19. The zero-order valence-corrected chi connectivity index (χ0v) is 11.4. The van der Waals surface area contributed by atoms with E-state index < -0.39 is 0 Å². The van der Waals surface area contributed by atoms with Crippen LogP contribution in [0.3, 0.4) is 0 Å². The molecule has 1 aliphatic heterocycles. The van der Waals surface area contributed by atoms with Crippen LogP contribution < -0.4 is 0 Å². The van der Waals surface area contributed by atoms with Crippen LogP contribution in [0.4, 0.5) is 0 Å². The molecule has 5 heteroatoms. The molecule has 0 amide bonds. The highest BCUT2D eigenvalue weighted by Gasteiger charge is 2.33. The SMILES string of the molecule is CC(I)C(=O)OC1CC(C)N([O])C(C)C1. The highest BCUT2D eigenvalue weighted by atomic mass is 127. The first-order valence-corrected chi connectivity index (χ1v) is 6.46. The van der Waals surface area contributed by atoms with Crippen LogP contribution in [-0.4, -0.2) is 33.1 Å². The fourth-order valence-corrected chi connectivity index (χ4v) is 2.00. The van der Waals surface area contributed by atoms with Gasteiger partial charge < -0.3 is 4.74 Å². The molecule has 1 heterocycles. The van der Waals surface area contributed by atoms with E-state index in [1.165, 1.54) is 0 Å². The van der Waals surface area contributed by atoms with Gasteiger partial charge in [0.05, 0.1) is 0 Å². The number of nitrogens with zero attached hydrogens (tertiary/aromatic N) is 1. The number of hydrogen-bond donors (Lipinski definition) is 0. The zero-order valence-electron chi connectivity index (χ0n) is 9.27. The molecular formula is C10H17INO3. The number of ether oxygens (including phenoxy) is 1. The van der Waals surface area contributed by atoms with E-state index >= 15 is 0 Å². The van der Waals surface area contributed by atoms with Crippen LogP contribution in [-0.2, 0) is 14.7 Å². The van der Waals surface area contributed by atoms with Gasteiger partial charge in [0, 0.05) is 24.9 Å². The summed E-state index contributed by atoms with van der Waals surface area (Å²) in [6, 6.07) is -0.118. The second-order valence-electron chi connectivity index (χ2n) is 4.20. The van der Waals surface area contributed by atoms with Crippen molar-refractivity contribution in [2.45, 2.75) is 55.7 Å². The maximum atomic E-state index is 11.5. The molecule has 1 saturated heterocycles. The van der Waals surface area contributed by atoms with Crippen LogP contribution in [0.15, 0.2) is 0 Å². The Morgan fingerprint density at radius 3 is 2.27 bits per heavy atom. The number of carbonyl (C=O) groups excluding carboxylic acids is 1. The number of rotatable bonds is 2. The molecular weight excluding hydrogens is 309 g/mol. The summed E-state index contributed by atoms with van der Waals surface area (Å²) in [6.07, 6.45) is 1.19. The average Bonchev–Trinajstić information content (AvgIpc) is 2.13. The second kappa shape index (κ2) is 5.45. The summed E-state index contributed by atoms with van der Waals surface area (Å²) in [5.41, 5.74) is 0. The molecule has 1 fully saturated rings. The van der Waals surface area contributed by atoms with Gasteiger partial charge in [-0.05, 0) is 20.8 Å². The third kappa shape index (κ3) is 3.57. The summed E-state index contributed by atoms with van der Waals surface area (Å²) >= 11 is 2.03. The number of hydroxylamine groups is 2. The number of alkyl halides is 1. The van der Waals surface area contributed by atoms with Crippen LogP contribution in [0.1, 0.15) is 33.6 Å². The molecule has 3 atom stereocenters. The van der Waals surface area contributed by atoms with Crippen LogP contribution in [0.5, 0.6) is 0 Å². The van der Waals surface area contributed by atoms with Crippen molar-refractivity contribution in [2.75, 3.05) is 0 Å². The highest BCUT2D eigenvalue weighted by molar-refractivity contribution is 14.1. The Morgan fingerprint density at radius 1 is 1.40 bits per heavy atom. The predicted molar refractivity (Wildman–Crippen MR) is 64.0 cm³/mol. The molecule has 87 valence electrons. The Hall–Kier alpha value is 0.120. The Balaban J connectivity index is 2.48. The molecule has 15 heavy (non-hydrogen) atoms. The van der Waals surface area contributed by atoms with Crippen LogP contribution in [0, 0.1) is 0 Å². The Labute approximate surface area is 104 Å². The van der Waals surface area contributed by atoms with Gasteiger partial charge in [-0.3, -0.25) is 4.79 Å². The average molecular weight is 326 g/mol. The first kappa shape index (κ1) is 13.2. The summed E-state index contributed by atoms with van der Waals surface area (Å²) < 4.78 is 5.20. The Morgan fingerprint density at radius 2 is 1.87 bits per heavy atom. The number of hydrogen-bond acceptors (Lipinski definition) is 3. The maximum Gasteiger partial charge on any atom is 0.318 e. The van der Waals surface area contributed by atoms with E-state index in [9.17, 15) is 10.0 Å². The lowest BCUT2D eigenvalue weighted by atomic mass is 9.97. The number of piperidine rings is 1. The molecule has 3 unspecified atom stereocenters. The van der Waals surface area contributed by atoms with Gasteiger partial charge in [-0.15, -0.1) is 10.3 Å². The van der Waals surface area contributed by atoms with Crippen LogP contribution in [0.25, 0.3) is 0 Å². The Bertz CT molecular complexity index is 223. The van der Waals surface area contributed by atoms with Crippen molar-refractivity contribution in [1.82, 2.24) is 5.06 Å². The van der Waals surface area contributed by atoms with Crippen molar-refractivity contribution in [3.8, 4) is 0 Å². The van der Waals surface area contributed by atoms with Gasteiger partial charge in [0.1, 0.15) is 10.0 Å². The van der Waals surface area contributed by atoms with E-state index in [1.54, 1.807) is 6.92 Å². The van der Waals surface area contributed by atoms with E-state index in [1.807, 2.05) is 36.4 Å². The second-order valence-corrected chi connectivity index (χ2v) is 6.07. The molecule has 1 aliphatic rings. The largest absolute Gasteiger partial charge is 0.461 e. The van der Waals surface area contributed by atoms with Crippen LogP contribution >= 0.6 is 22.6 Å². The maximum absolute atomic E-state index is 11.5. The van der Waals surface area contributed by atoms with Gasteiger partial charge in [0.2, 0.25) is 0 Å². The van der Waals surface area contributed by atoms with Gasteiger partial charge in [0.25, 0.3) is 0 Å². The molecule has 1 rings (SSSR count). The molecule has 0 N–H and O–H groups in total. The summed E-state index contributed by atoms with van der Waals surface area (Å²) in [5.74, 6) is -0.181. The van der Waals surface area contributed by atoms with Gasteiger partial charge in [0.15, 0.2) is 0 Å². The highest BCUT2D eigenvalue weighted by Crippen LogP contribution is 2.24. The fourth-order valence-electron chi connectivity index (χ4n) is 1.85. The van der Waals surface area contributed by atoms with Gasteiger partial charge in [-0.2, -0.15) is 0 Å². The van der Waals surface area contributed by atoms with Gasteiger partial charge >= 0.3 is 5.97 Å². The first-order valence-electron chi connectivity index (χ1n) is 5.21. The minimum absolute atomic E-state index is 0.0592. The Kier molecular flexibility index (Phi) is 4.79. The molecule has 0 bridgehead atoms. The standard InChI is InChI=1S/C10H17INO3/c1-6-4-9(5-7(2)12(6)14)15-10(13)8(3)11/h6-9H,4-5H2,1-3H3. The molecule has 0 aromatic carbocycles. The monoisotopic (exact) mass is 326 g/mol. The van der Waals surface area contributed by atoms with Gasteiger partial charge in [-0.25, -0.2) is 0 Å². The lowest BCUT2D eigenvalue weighted by Gasteiger charge is -2.36. The molecule has 0 aliphatic carbocycles. The van der Waals surface area contributed by atoms with E-state index in [0.717, 1.165) is 5.06 Å². The molecule has 4 nitrogen and oxygen atoms in total. The van der Waals surface area contributed by atoms with Crippen molar-refractivity contribution in [3.05, 3.63) is 0 Å². The van der Waals surface area contributed by atoms with E-state index in [4.69, 9.17) is 4.74 Å². The van der Waals surface area contributed by atoms with E-state index in [2.05, 4.69) is 0 Å². The summed E-state index contributed by atoms with van der Waals surface area (Å²) in [5, 5.41) is 12.6. The van der Waals surface area contributed by atoms with Crippen LogP contribution in [0.2, 0.25) is 0 Å².